The van der Waals surface area contributed by atoms with Gasteiger partial charge in [0.25, 0.3) is 0 Å². The van der Waals surface area contributed by atoms with Gasteiger partial charge in [-0.2, -0.15) is 5.10 Å². The first-order valence-corrected chi connectivity index (χ1v) is 9.27. The standard InChI is InChI=1S/C20H22FN5O2/c1-26-11-14(8-24-26)17-9-22-10-18(17)19(27)23-7-6-16-12-28-20(25-16)13-2-4-15(21)5-3-13/h2-5,8,11-12,17-18,22H,6-7,9-10H2,1H3,(H,23,27)/t17-,18+/m1/s1. The van der Waals surface area contributed by atoms with Gasteiger partial charge in [0.1, 0.15) is 12.1 Å². The number of carbonyl (C=O) groups excluding carboxylic acids is 1. The molecular weight excluding hydrogens is 361 g/mol. The summed E-state index contributed by atoms with van der Waals surface area (Å²) in [5.41, 5.74) is 2.54. The Morgan fingerprint density at radius 3 is 2.93 bits per heavy atom. The molecule has 1 aliphatic heterocycles. The molecule has 8 heteroatoms. The van der Waals surface area contributed by atoms with Crippen LogP contribution in [0.15, 0.2) is 47.3 Å². The molecule has 2 atom stereocenters. The number of rotatable bonds is 6. The van der Waals surface area contributed by atoms with Crippen molar-refractivity contribution in [3.63, 3.8) is 0 Å². The van der Waals surface area contributed by atoms with Crippen LogP contribution in [0.25, 0.3) is 11.5 Å². The Hall–Kier alpha value is -3.00. The number of nitrogens with one attached hydrogen (secondary N) is 2. The Morgan fingerprint density at radius 1 is 1.36 bits per heavy atom. The molecule has 2 aromatic heterocycles. The van der Waals surface area contributed by atoms with Crippen LogP contribution in [0.2, 0.25) is 0 Å². The lowest BCUT2D eigenvalue weighted by atomic mass is 9.90. The Morgan fingerprint density at radius 2 is 2.18 bits per heavy atom. The zero-order valence-electron chi connectivity index (χ0n) is 15.6. The maximum Gasteiger partial charge on any atom is 0.226 e. The molecular formula is C20H22FN5O2. The van der Waals surface area contributed by atoms with Crippen molar-refractivity contribution in [3.05, 3.63) is 60.0 Å². The Bertz CT molecular complexity index is 950. The summed E-state index contributed by atoms with van der Waals surface area (Å²) in [6.45, 7) is 1.91. The van der Waals surface area contributed by atoms with Gasteiger partial charge in [0.15, 0.2) is 0 Å². The highest BCUT2D eigenvalue weighted by Crippen LogP contribution is 2.27. The minimum atomic E-state index is -0.302. The fourth-order valence-electron chi connectivity index (χ4n) is 3.53. The minimum Gasteiger partial charge on any atom is -0.444 e. The van der Waals surface area contributed by atoms with Gasteiger partial charge < -0.3 is 15.1 Å². The smallest absolute Gasteiger partial charge is 0.226 e. The summed E-state index contributed by atoms with van der Waals surface area (Å²) in [6.07, 6.45) is 5.92. The predicted octanol–water partition coefficient (Wildman–Crippen LogP) is 1.88. The number of halogens is 1. The molecule has 4 rings (SSSR count). The van der Waals surface area contributed by atoms with Crippen molar-refractivity contribution < 1.29 is 13.6 Å². The first kappa shape index (κ1) is 18.4. The van der Waals surface area contributed by atoms with Crippen LogP contribution >= 0.6 is 0 Å². The summed E-state index contributed by atoms with van der Waals surface area (Å²) in [7, 11) is 1.87. The second kappa shape index (κ2) is 7.93. The number of benzene rings is 1. The van der Waals surface area contributed by atoms with Gasteiger partial charge >= 0.3 is 0 Å². The van der Waals surface area contributed by atoms with Crippen molar-refractivity contribution in [3.8, 4) is 11.5 Å². The lowest BCUT2D eigenvalue weighted by Crippen LogP contribution is -2.35. The number of amides is 1. The summed E-state index contributed by atoms with van der Waals surface area (Å²) in [4.78, 5) is 17.0. The quantitative estimate of drug-likeness (QED) is 0.679. The van der Waals surface area contributed by atoms with E-state index in [1.54, 1.807) is 23.1 Å². The largest absolute Gasteiger partial charge is 0.444 e. The van der Waals surface area contributed by atoms with Crippen molar-refractivity contribution in [2.24, 2.45) is 13.0 Å². The van der Waals surface area contributed by atoms with E-state index in [0.29, 0.717) is 31.0 Å². The van der Waals surface area contributed by atoms with Crippen LogP contribution in [-0.4, -0.2) is 40.3 Å². The van der Waals surface area contributed by atoms with E-state index in [1.165, 1.54) is 12.1 Å². The van der Waals surface area contributed by atoms with E-state index in [-0.39, 0.29) is 23.6 Å². The second-order valence-electron chi connectivity index (χ2n) is 7.01. The molecule has 0 aliphatic carbocycles. The number of aromatic nitrogens is 3. The summed E-state index contributed by atoms with van der Waals surface area (Å²) < 4.78 is 20.2. The van der Waals surface area contributed by atoms with Crippen LogP contribution in [0.3, 0.4) is 0 Å². The van der Waals surface area contributed by atoms with Crippen molar-refractivity contribution >= 4 is 5.91 Å². The molecule has 1 aromatic carbocycles. The number of nitrogens with zero attached hydrogens (tertiary/aromatic N) is 3. The number of oxazole rings is 1. The number of carbonyl (C=O) groups is 1. The van der Waals surface area contributed by atoms with Crippen LogP contribution in [0, 0.1) is 11.7 Å². The van der Waals surface area contributed by atoms with E-state index in [9.17, 15) is 9.18 Å². The summed E-state index contributed by atoms with van der Waals surface area (Å²) >= 11 is 0. The van der Waals surface area contributed by atoms with Gasteiger partial charge in [-0.15, -0.1) is 0 Å². The highest BCUT2D eigenvalue weighted by Gasteiger charge is 2.34. The fourth-order valence-corrected chi connectivity index (χ4v) is 3.53. The molecule has 0 radical (unpaired) electrons. The highest BCUT2D eigenvalue weighted by atomic mass is 19.1. The van der Waals surface area contributed by atoms with Gasteiger partial charge in [-0.1, -0.05) is 0 Å². The van der Waals surface area contributed by atoms with E-state index in [2.05, 4.69) is 20.7 Å². The Labute approximate surface area is 162 Å². The lowest BCUT2D eigenvalue weighted by molar-refractivity contribution is -0.124. The molecule has 7 nitrogen and oxygen atoms in total. The van der Waals surface area contributed by atoms with E-state index in [4.69, 9.17) is 4.42 Å². The van der Waals surface area contributed by atoms with E-state index in [0.717, 1.165) is 17.8 Å². The average molecular weight is 383 g/mol. The molecule has 1 amide bonds. The molecule has 0 saturated carbocycles. The second-order valence-corrected chi connectivity index (χ2v) is 7.01. The van der Waals surface area contributed by atoms with Gasteiger partial charge in [0.2, 0.25) is 11.8 Å². The van der Waals surface area contributed by atoms with Gasteiger partial charge in [0, 0.05) is 50.8 Å². The van der Waals surface area contributed by atoms with E-state index >= 15 is 0 Å². The molecule has 28 heavy (non-hydrogen) atoms. The maximum atomic E-state index is 13.0. The molecule has 3 heterocycles. The predicted molar refractivity (Wildman–Crippen MR) is 101 cm³/mol. The maximum absolute atomic E-state index is 13.0. The summed E-state index contributed by atoms with van der Waals surface area (Å²) in [5, 5.41) is 10.5. The average Bonchev–Trinajstić information content (AvgIpc) is 3.42. The normalized spacial score (nSPS) is 19.1. The number of hydrogen-bond acceptors (Lipinski definition) is 5. The van der Waals surface area contributed by atoms with E-state index < -0.39 is 0 Å². The van der Waals surface area contributed by atoms with Crippen molar-refractivity contribution in [1.82, 2.24) is 25.4 Å². The molecule has 3 aromatic rings. The minimum absolute atomic E-state index is 0.0288. The molecule has 1 fully saturated rings. The van der Waals surface area contributed by atoms with Crippen LogP contribution in [0.5, 0.6) is 0 Å². The number of hydrogen-bond donors (Lipinski definition) is 2. The van der Waals surface area contributed by atoms with Gasteiger partial charge in [0.05, 0.1) is 17.8 Å². The van der Waals surface area contributed by atoms with E-state index in [1.807, 2.05) is 19.4 Å². The van der Waals surface area contributed by atoms with Crippen molar-refractivity contribution in [2.75, 3.05) is 19.6 Å². The third kappa shape index (κ3) is 3.96. The third-order valence-electron chi connectivity index (χ3n) is 5.03. The zero-order valence-corrected chi connectivity index (χ0v) is 15.6. The molecule has 2 N–H and O–H groups in total. The first-order valence-electron chi connectivity index (χ1n) is 9.27. The molecule has 0 bridgehead atoms. The monoisotopic (exact) mass is 383 g/mol. The third-order valence-corrected chi connectivity index (χ3v) is 5.03. The summed E-state index contributed by atoms with van der Waals surface area (Å²) in [6, 6.07) is 5.98. The lowest BCUT2D eigenvalue weighted by Gasteiger charge is -2.16. The SMILES string of the molecule is Cn1cc([C@H]2CNC[C@@H]2C(=O)NCCc2coc(-c3ccc(F)cc3)n2)cn1. The fraction of sp³-hybridized carbons (Fsp3) is 0.350. The highest BCUT2D eigenvalue weighted by molar-refractivity contribution is 5.80. The Balaban J connectivity index is 1.31. The summed E-state index contributed by atoms with van der Waals surface area (Å²) in [5.74, 6) is 0.186. The van der Waals surface area contributed by atoms with Crippen molar-refractivity contribution in [2.45, 2.75) is 12.3 Å². The van der Waals surface area contributed by atoms with Gasteiger partial charge in [-0.25, -0.2) is 9.37 Å². The molecule has 146 valence electrons. The Kier molecular flexibility index (Phi) is 5.21. The first-order chi connectivity index (χ1) is 13.6. The number of aryl methyl sites for hydroxylation is 1. The molecule has 1 saturated heterocycles. The van der Waals surface area contributed by atoms with Crippen LogP contribution in [-0.2, 0) is 18.3 Å². The molecule has 0 spiro atoms. The van der Waals surface area contributed by atoms with Crippen molar-refractivity contribution in [1.29, 1.82) is 0 Å². The molecule has 1 aliphatic rings. The zero-order chi connectivity index (χ0) is 19.5. The van der Waals surface area contributed by atoms with Gasteiger partial charge in [-0.3, -0.25) is 9.48 Å². The topological polar surface area (TPSA) is 85.0 Å². The van der Waals surface area contributed by atoms with Crippen LogP contribution in [0.1, 0.15) is 17.2 Å². The van der Waals surface area contributed by atoms with Gasteiger partial charge in [-0.05, 0) is 29.8 Å². The van der Waals surface area contributed by atoms with Crippen LogP contribution in [0.4, 0.5) is 4.39 Å². The molecule has 0 unspecified atom stereocenters. The van der Waals surface area contributed by atoms with Crippen LogP contribution < -0.4 is 10.6 Å².